The van der Waals surface area contributed by atoms with Gasteiger partial charge in [-0.3, -0.25) is 0 Å². The van der Waals surface area contributed by atoms with E-state index in [-0.39, 0.29) is 12.1 Å². The minimum absolute atomic E-state index is 0.185. The number of carbonyl (C=O) groups is 1. The van der Waals surface area contributed by atoms with Crippen molar-refractivity contribution < 1.29 is 9.53 Å². The van der Waals surface area contributed by atoms with E-state index in [4.69, 9.17) is 10.5 Å². The number of nitrogens with one attached hydrogen (secondary N) is 1. The lowest BCUT2D eigenvalue weighted by Crippen LogP contribution is -2.40. The topological polar surface area (TPSA) is 71.3 Å². The van der Waals surface area contributed by atoms with Crippen molar-refractivity contribution in [2.24, 2.45) is 0 Å². The van der Waals surface area contributed by atoms with Crippen molar-refractivity contribution in [3.05, 3.63) is 30.0 Å². The summed E-state index contributed by atoms with van der Waals surface area (Å²) in [5.74, 6) is 0. The molecule has 1 aromatic carbocycles. The molecule has 0 unspecified atom stereocenters. The molecule has 1 aromatic heterocycles. The number of hydrogen-bond acceptors (Lipinski definition) is 3. The van der Waals surface area contributed by atoms with Gasteiger partial charge in [-0.25, -0.2) is 4.79 Å². The number of carbonyl (C=O) groups excluding carboxylic acids is 1. The highest BCUT2D eigenvalue weighted by Gasteiger charge is 2.32. The molecule has 1 saturated heterocycles. The molecule has 0 radical (unpaired) electrons. The van der Waals surface area contributed by atoms with Crippen LogP contribution in [0.5, 0.6) is 0 Å². The fourth-order valence-corrected chi connectivity index (χ4v) is 3.23. The number of anilines is 1. The summed E-state index contributed by atoms with van der Waals surface area (Å²) >= 11 is 0. The van der Waals surface area contributed by atoms with Gasteiger partial charge in [-0.05, 0) is 63.8 Å². The van der Waals surface area contributed by atoms with Gasteiger partial charge in [0.15, 0.2) is 0 Å². The number of H-pyrrole nitrogens is 1. The van der Waals surface area contributed by atoms with Gasteiger partial charge in [0.25, 0.3) is 0 Å². The molecule has 1 aliphatic rings. The molecular formula is C18H25N3O2. The Morgan fingerprint density at radius 3 is 2.96 bits per heavy atom. The number of amides is 1. The van der Waals surface area contributed by atoms with Gasteiger partial charge < -0.3 is 20.4 Å². The molecule has 2 heterocycles. The van der Waals surface area contributed by atoms with E-state index in [0.717, 1.165) is 42.4 Å². The van der Waals surface area contributed by atoms with Crippen LogP contribution in [0, 0.1) is 0 Å². The van der Waals surface area contributed by atoms with Crippen LogP contribution in [0.1, 0.15) is 39.2 Å². The van der Waals surface area contributed by atoms with Gasteiger partial charge >= 0.3 is 6.09 Å². The van der Waals surface area contributed by atoms with Crippen LogP contribution < -0.4 is 5.73 Å². The summed E-state index contributed by atoms with van der Waals surface area (Å²) in [5, 5.41) is 1.14. The Hall–Kier alpha value is -2.17. The molecule has 5 nitrogen and oxygen atoms in total. The number of nitrogen functional groups attached to an aromatic ring is 1. The summed E-state index contributed by atoms with van der Waals surface area (Å²) < 4.78 is 5.54. The minimum atomic E-state index is -0.459. The van der Waals surface area contributed by atoms with Gasteiger partial charge in [-0.2, -0.15) is 0 Å². The van der Waals surface area contributed by atoms with E-state index in [1.54, 1.807) is 0 Å². The van der Waals surface area contributed by atoms with Gasteiger partial charge in [0, 0.05) is 35.4 Å². The second kappa shape index (κ2) is 5.80. The maximum atomic E-state index is 12.4. The molecule has 1 amide bonds. The molecule has 3 N–H and O–H groups in total. The summed E-state index contributed by atoms with van der Waals surface area (Å²) in [6, 6.07) is 6.07. The first-order valence-electron chi connectivity index (χ1n) is 8.18. The highest BCUT2D eigenvalue weighted by molar-refractivity contribution is 5.86. The standard InChI is InChI=1S/C18H25N3O2/c1-18(2,3)23-17(22)21-8-4-5-14(21)9-12-11-20-16-7-6-13(19)10-15(12)16/h6-7,10-11,14,20H,4-5,8-9,19H2,1-3H3/t14-/m1/s1. The summed E-state index contributed by atoms with van der Waals surface area (Å²) in [6.07, 6.45) is 4.67. The molecule has 0 saturated carbocycles. The molecule has 0 spiro atoms. The van der Waals surface area contributed by atoms with Crippen molar-refractivity contribution in [1.29, 1.82) is 0 Å². The second-order valence-corrected chi connectivity index (χ2v) is 7.29. The molecule has 1 aliphatic heterocycles. The molecule has 0 bridgehead atoms. The number of nitrogens with zero attached hydrogens (tertiary/aromatic N) is 1. The first kappa shape index (κ1) is 15.7. The summed E-state index contributed by atoms with van der Waals surface area (Å²) in [6.45, 7) is 6.47. The van der Waals surface area contributed by atoms with E-state index in [0.29, 0.717) is 0 Å². The van der Waals surface area contributed by atoms with Crippen LogP contribution in [-0.2, 0) is 11.2 Å². The smallest absolute Gasteiger partial charge is 0.410 e. The number of ether oxygens (including phenoxy) is 1. The first-order chi connectivity index (χ1) is 10.8. The van der Waals surface area contributed by atoms with Crippen LogP contribution >= 0.6 is 0 Å². The van der Waals surface area contributed by atoms with Crippen molar-refractivity contribution in [3.8, 4) is 0 Å². The van der Waals surface area contributed by atoms with E-state index in [2.05, 4.69) is 4.98 Å². The largest absolute Gasteiger partial charge is 0.444 e. The molecule has 124 valence electrons. The molecule has 2 aromatic rings. The second-order valence-electron chi connectivity index (χ2n) is 7.29. The third kappa shape index (κ3) is 3.44. The van der Waals surface area contributed by atoms with E-state index in [1.807, 2.05) is 50.1 Å². The summed E-state index contributed by atoms with van der Waals surface area (Å²) in [5.41, 5.74) is 8.49. The zero-order valence-electron chi connectivity index (χ0n) is 14.1. The normalized spacial score (nSPS) is 18.6. The lowest BCUT2D eigenvalue weighted by molar-refractivity contribution is 0.0227. The van der Waals surface area contributed by atoms with Crippen LogP contribution in [0.15, 0.2) is 24.4 Å². The SMILES string of the molecule is CC(C)(C)OC(=O)N1CCC[C@@H]1Cc1c[nH]c2ccc(N)cc12. The molecule has 1 fully saturated rings. The number of rotatable bonds is 2. The van der Waals surface area contributed by atoms with Gasteiger partial charge in [-0.15, -0.1) is 0 Å². The minimum Gasteiger partial charge on any atom is -0.444 e. The first-order valence-corrected chi connectivity index (χ1v) is 8.18. The van der Waals surface area contributed by atoms with Gasteiger partial charge in [0.1, 0.15) is 5.60 Å². The molecule has 23 heavy (non-hydrogen) atoms. The van der Waals surface area contributed by atoms with Gasteiger partial charge in [-0.1, -0.05) is 0 Å². The zero-order valence-corrected chi connectivity index (χ0v) is 14.1. The highest BCUT2D eigenvalue weighted by atomic mass is 16.6. The maximum absolute atomic E-state index is 12.4. The average molecular weight is 315 g/mol. The summed E-state index contributed by atoms with van der Waals surface area (Å²) in [7, 11) is 0. The monoisotopic (exact) mass is 315 g/mol. The van der Waals surface area contributed by atoms with Crippen molar-refractivity contribution in [2.45, 2.75) is 51.7 Å². The van der Waals surface area contributed by atoms with Crippen LogP contribution in [0.3, 0.4) is 0 Å². The number of nitrogens with two attached hydrogens (primary N) is 1. The summed E-state index contributed by atoms with van der Waals surface area (Å²) in [4.78, 5) is 17.5. The van der Waals surface area contributed by atoms with Gasteiger partial charge in [0.05, 0.1) is 0 Å². The highest BCUT2D eigenvalue weighted by Crippen LogP contribution is 2.28. The number of aromatic amines is 1. The lowest BCUT2D eigenvalue weighted by Gasteiger charge is -2.28. The number of likely N-dealkylation sites (tertiary alicyclic amines) is 1. The third-order valence-corrected chi connectivity index (χ3v) is 4.25. The van der Waals surface area contributed by atoms with Gasteiger partial charge in [0.2, 0.25) is 0 Å². The fraction of sp³-hybridized carbons (Fsp3) is 0.500. The fourth-order valence-electron chi connectivity index (χ4n) is 3.23. The Labute approximate surface area is 136 Å². The predicted octanol–water partition coefficient (Wildman–Crippen LogP) is 3.69. The number of aromatic nitrogens is 1. The van der Waals surface area contributed by atoms with Crippen molar-refractivity contribution >= 4 is 22.7 Å². The quantitative estimate of drug-likeness (QED) is 0.830. The Morgan fingerprint density at radius 2 is 2.22 bits per heavy atom. The van der Waals surface area contributed by atoms with Crippen molar-refractivity contribution in [1.82, 2.24) is 9.88 Å². The molecule has 3 rings (SSSR count). The van der Waals surface area contributed by atoms with Crippen LogP contribution in [0.2, 0.25) is 0 Å². The Balaban J connectivity index is 1.78. The predicted molar refractivity (Wildman–Crippen MR) is 92.4 cm³/mol. The van der Waals surface area contributed by atoms with Crippen molar-refractivity contribution in [2.75, 3.05) is 12.3 Å². The number of benzene rings is 1. The Kier molecular flexibility index (Phi) is 3.96. The average Bonchev–Trinajstić information content (AvgIpc) is 3.05. The zero-order chi connectivity index (χ0) is 16.6. The molecular weight excluding hydrogens is 290 g/mol. The Morgan fingerprint density at radius 1 is 1.43 bits per heavy atom. The third-order valence-electron chi connectivity index (χ3n) is 4.25. The number of fused-ring (bicyclic) bond motifs is 1. The van der Waals surface area contributed by atoms with Crippen LogP contribution in [0.25, 0.3) is 10.9 Å². The van der Waals surface area contributed by atoms with Crippen molar-refractivity contribution in [3.63, 3.8) is 0 Å². The Bertz CT molecular complexity index is 715. The molecule has 1 atom stereocenters. The van der Waals surface area contributed by atoms with Crippen LogP contribution in [0.4, 0.5) is 10.5 Å². The lowest BCUT2D eigenvalue weighted by atomic mass is 10.0. The molecule has 5 heteroatoms. The molecule has 0 aliphatic carbocycles. The van der Waals surface area contributed by atoms with E-state index in [9.17, 15) is 4.79 Å². The maximum Gasteiger partial charge on any atom is 0.410 e. The van der Waals surface area contributed by atoms with Crippen LogP contribution in [-0.4, -0.2) is 34.2 Å². The number of hydrogen-bond donors (Lipinski definition) is 2. The van der Waals surface area contributed by atoms with E-state index >= 15 is 0 Å². The van der Waals surface area contributed by atoms with E-state index < -0.39 is 5.60 Å². The van der Waals surface area contributed by atoms with E-state index in [1.165, 1.54) is 5.56 Å².